The SMILES string of the molecule is Cc1ccc2nnc(C3CCN(Cc4ccn(C)c(=O)c4)CC3)n2n1. The lowest BCUT2D eigenvalue weighted by Crippen LogP contribution is -2.33. The van der Waals surface area contributed by atoms with Gasteiger partial charge in [-0.05, 0) is 56.6 Å². The standard InChI is InChI=1S/C18H22N6O/c1-13-3-4-16-19-20-18(24(16)21-13)15-6-9-23(10-7-15)12-14-5-8-22(2)17(25)11-14/h3-5,8,11,15H,6-7,9-10,12H2,1-2H3. The van der Waals surface area contributed by atoms with Crippen LogP contribution in [0.4, 0.5) is 0 Å². The van der Waals surface area contributed by atoms with Gasteiger partial charge < -0.3 is 4.57 Å². The van der Waals surface area contributed by atoms with Crippen LogP contribution < -0.4 is 5.56 Å². The zero-order chi connectivity index (χ0) is 17.4. The molecule has 0 bridgehead atoms. The van der Waals surface area contributed by atoms with E-state index in [0.29, 0.717) is 5.92 Å². The summed E-state index contributed by atoms with van der Waals surface area (Å²) < 4.78 is 3.48. The largest absolute Gasteiger partial charge is 0.319 e. The van der Waals surface area contributed by atoms with Crippen LogP contribution in [0.25, 0.3) is 5.65 Å². The fourth-order valence-electron chi connectivity index (χ4n) is 3.45. The first kappa shape index (κ1) is 16.0. The van der Waals surface area contributed by atoms with Crippen molar-refractivity contribution in [1.29, 1.82) is 0 Å². The predicted octanol–water partition coefficient (Wildman–Crippen LogP) is 1.51. The molecule has 0 radical (unpaired) electrons. The molecule has 0 unspecified atom stereocenters. The highest BCUT2D eigenvalue weighted by molar-refractivity contribution is 5.36. The minimum absolute atomic E-state index is 0.0451. The summed E-state index contributed by atoms with van der Waals surface area (Å²) in [6, 6.07) is 7.67. The predicted molar refractivity (Wildman–Crippen MR) is 94.5 cm³/mol. The van der Waals surface area contributed by atoms with Crippen LogP contribution >= 0.6 is 0 Å². The van der Waals surface area contributed by atoms with Gasteiger partial charge in [-0.3, -0.25) is 9.69 Å². The number of likely N-dealkylation sites (tertiary alicyclic amines) is 1. The monoisotopic (exact) mass is 338 g/mol. The lowest BCUT2D eigenvalue weighted by atomic mass is 9.96. The maximum Gasteiger partial charge on any atom is 0.250 e. The van der Waals surface area contributed by atoms with E-state index in [4.69, 9.17) is 0 Å². The molecule has 0 atom stereocenters. The Morgan fingerprint density at radius 2 is 1.96 bits per heavy atom. The van der Waals surface area contributed by atoms with Crippen LogP contribution in [0.1, 0.15) is 35.8 Å². The Hall–Kier alpha value is -2.54. The molecule has 4 heterocycles. The number of aryl methyl sites for hydroxylation is 2. The third kappa shape index (κ3) is 3.19. The zero-order valence-electron chi connectivity index (χ0n) is 14.6. The molecule has 0 saturated carbocycles. The van der Waals surface area contributed by atoms with Crippen molar-refractivity contribution < 1.29 is 0 Å². The van der Waals surface area contributed by atoms with E-state index in [-0.39, 0.29) is 5.56 Å². The van der Waals surface area contributed by atoms with Gasteiger partial charge in [0.15, 0.2) is 11.5 Å². The van der Waals surface area contributed by atoms with Crippen molar-refractivity contribution in [3.63, 3.8) is 0 Å². The Balaban J connectivity index is 1.44. The van der Waals surface area contributed by atoms with Crippen LogP contribution in [0.5, 0.6) is 0 Å². The van der Waals surface area contributed by atoms with Crippen molar-refractivity contribution in [3.8, 4) is 0 Å². The number of hydrogen-bond donors (Lipinski definition) is 0. The van der Waals surface area contributed by atoms with Crippen molar-refractivity contribution in [3.05, 3.63) is 57.9 Å². The van der Waals surface area contributed by atoms with E-state index in [9.17, 15) is 4.79 Å². The summed E-state index contributed by atoms with van der Waals surface area (Å²) in [7, 11) is 1.77. The van der Waals surface area contributed by atoms with Crippen molar-refractivity contribution in [1.82, 2.24) is 29.3 Å². The number of piperidine rings is 1. The fourth-order valence-corrected chi connectivity index (χ4v) is 3.45. The van der Waals surface area contributed by atoms with Crippen molar-refractivity contribution in [2.75, 3.05) is 13.1 Å². The third-order valence-corrected chi connectivity index (χ3v) is 4.95. The summed E-state index contributed by atoms with van der Waals surface area (Å²) in [4.78, 5) is 14.2. The molecule has 25 heavy (non-hydrogen) atoms. The smallest absolute Gasteiger partial charge is 0.250 e. The van der Waals surface area contributed by atoms with Gasteiger partial charge in [0.2, 0.25) is 0 Å². The molecule has 7 heteroatoms. The van der Waals surface area contributed by atoms with Crippen molar-refractivity contribution >= 4 is 5.65 Å². The number of hydrogen-bond acceptors (Lipinski definition) is 5. The molecule has 7 nitrogen and oxygen atoms in total. The maximum atomic E-state index is 11.8. The van der Waals surface area contributed by atoms with Crippen LogP contribution in [0.15, 0.2) is 35.3 Å². The van der Waals surface area contributed by atoms with E-state index in [0.717, 1.165) is 55.2 Å². The second kappa shape index (κ2) is 6.40. The second-order valence-electron chi connectivity index (χ2n) is 6.84. The van der Waals surface area contributed by atoms with Gasteiger partial charge in [-0.15, -0.1) is 10.2 Å². The molecule has 0 amide bonds. The number of fused-ring (bicyclic) bond motifs is 1. The van der Waals surface area contributed by atoms with Gasteiger partial charge in [0, 0.05) is 31.8 Å². The first-order valence-electron chi connectivity index (χ1n) is 8.67. The molecule has 1 fully saturated rings. The van der Waals surface area contributed by atoms with Gasteiger partial charge in [-0.2, -0.15) is 9.61 Å². The molecule has 0 N–H and O–H groups in total. The van der Waals surface area contributed by atoms with Crippen LogP contribution in [0.2, 0.25) is 0 Å². The summed E-state index contributed by atoms with van der Waals surface area (Å²) in [5.74, 6) is 1.34. The molecule has 0 aromatic carbocycles. The van der Waals surface area contributed by atoms with E-state index in [1.807, 2.05) is 35.8 Å². The van der Waals surface area contributed by atoms with Crippen LogP contribution in [0.3, 0.4) is 0 Å². The highest BCUT2D eigenvalue weighted by atomic mass is 16.1. The van der Waals surface area contributed by atoms with Crippen molar-refractivity contribution in [2.45, 2.75) is 32.2 Å². The minimum Gasteiger partial charge on any atom is -0.319 e. The molecular formula is C18H22N6O. The molecule has 0 spiro atoms. The van der Waals surface area contributed by atoms with Gasteiger partial charge in [-0.25, -0.2) is 0 Å². The number of nitrogens with zero attached hydrogens (tertiary/aromatic N) is 6. The Bertz CT molecular complexity index is 952. The van der Waals surface area contributed by atoms with Crippen LogP contribution in [0, 0.1) is 6.92 Å². The van der Waals surface area contributed by atoms with Gasteiger partial charge in [0.05, 0.1) is 5.69 Å². The maximum absolute atomic E-state index is 11.8. The van der Waals surface area contributed by atoms with E-state index < -0.39 is 0 Å². The van der Waals surface area contributed by atoms with E-state index >= 15 is 0 Å². The Morgan fingerprint density at radius 3 is 2.72 bits per heavy atom. The molecule has 3 aromatic heterocycles. The van der Waals surface area contributed by atoms with Gasteiger partial charge in [-0.1, -0.05) is 0 Å². The topological polar surface area (TPSA) is 68.3 Å². The average molecular weight is 338 g/mol. The Kier molecular flexibility index (Phi) is 4.09. The first-order chi connectivity index (χ1) is 12.1. The first-order valence-corrected chi connectivity index (χ1v) is 8.67. The van der Waals surface area contributed by atoms with Gasteiger partial charge in [0.1, 0.15) is 0 Å². The summed E-state index contributed by atoms with van der Waals surface area (Å²) in [6.45, 7) is 4.78. The summed E-state index contributed by atoms with van der Waals surface area (Å²) in [6.07, 6.45) is 3.89. The summed E-state index contributed by atoms with van der Waals surface area (Å²) >= 11 is 0. The highest BCUT2D eigenvalue weighted by Gasteiger charge is 2.25. The van der Waals surface area contributed by atoms with Gasteiger partial charge >= 0.3 is 0 Å². The third-order valence-electron chi connectivity index (χ3n) is 4.95. The van der Waals surface area contributed by atoms with Crippen molar-refractivity contribution in [2.24, 2.45) is 7.05 Å². The highest BCUT2D eigenvalue weighted by Crippen LogP contribution is 2.27. The second-order valence-corrected chi connectivity index (χ2v) is 6.84. The molecular weight excluding hydrogens is 316 g/mol. The molecule has 0 aliphatic carbocycles. The van der Waals surface area contributed by atoms with Gasteiger partial charge in [0.25, 0.3) is 5.56 Å². The molecule has 3 aromatic rings. The lowest BCUT2D eigenvalue weighted by Gasteiger charge is -2.31. The Morgan fingerprint density at radius 1 is 1.16 bits per heavy atom. The van der Waals surface area contributed by atoms with Crippen LogP contribution in [-0.4, -0.2) is 42.4 Å². The molecule has 1 aliphatic heterocycles. The minimum atomic E-state index is 0.0451. The zero-order valence-corrected chi connectivity index (χ0v) is 14.6. The summed E-state index contributed by atoms with van der Waals surface area (Å²) in [5.41, 5.74) is 2.90. The number of aromatic nitrogens is 5. The molecule has 4 rings (SSSR count). The molecule has 130 valence electrons. The normalized spacial score (nSPS) is 16.6. The summed E-state index contributed by atoms with van der Waals surface area (Å²) in [5, 5.41) is 13.2. The van der Waals surface area contributed by atoms with Crippen LogP contribution in [-0.2, 0) is 13.6 Å². The number of pyridine rings is 1. The number of rotatable bonds is 3. The van der Waals surface area contributed by atoms with E-state index in [2.05, 4.69) is 20.2 Å². The quantitative estimate of drug-likeness (QED) is 0.724. The van der Waals surface area contributed by atoms with E-state index in [1.54, 1.807) is 17.7 Å². The Labute approximate surface area is 145 Å². The lowest BCUT2D eigenvalue weighted by molar-refractivity contribution is 0.200. The average Bonchev–Trinajstić information content (AvgIpc) is 3.02. The van der Waals surface area contributed by atoms with E-state index in [1.165, 1.54) is 0 Å². The molecule has 1 saturated heterocycles. The molecule has 1 aliphatic rings. The fraction of sp³-hybridized carbons (Fsp3) is 0.444.